The molecule has 3 rings (SSSR count). The summed E-state index contributed by atoms with van der Waals surface area (Å²) in [5, 5.41) is 12.4. The predicted octanol–water partition coefficient (Wildman–Crippen LogP) is 4.34. The second-order valence-corrected chi connectivity index (χ2v) is 4.59. The SMILES string of the molecule is Oc1ccc(-c2ccc(Nc3ccccc3)cn2)cc1F. The molecule has 0 spiro atoms. The Morgan fingerprint density at radius 3 is 2.38 bits per heavy atom. The van der Waals surface area contributed by atoms with E-state index < -0.39 is 5.82 Å². The zero-order chi connectivity index (χ0) is 14.7. The molecule has 0 bridgehead atoms. The highest BCUT2D eigenvalue weighted by atomic mass is 19.1. The van der Waals surface area contributed by atoms with Gasteiger partial charge in [0.1, 0.15) is 0 Å². The summed E-state index contributed by atoms with van der Waals surface area (Å²) in [5.41, 5.74) is 3.09. The van der Waals surface area contributed by atoms with Crippen LogP contribution in [-0.2, 0) is 0 Å². The minimum atomic E-state index is -0.652. The van der Waals surface area contributed by atoms with Crippen molar-refractivity contribution in [2.24, 2.45) is 0 Å². The molecule has 2 N–H and O–H groups in total. The van der Waals surface area contributed by atoms with Gasteiger partial charge in [0, 0.05) is 11.3 Å². The smallest absolute Gasteiger partial charge is 0.165 e. The highest BCUT2D eigenvalue weighted by Gasteiger charge is 2.05. The molecule has 0 saturated heterocycles. The first-order valence-electron chi connectivity index (χ1n) is 6.49. The summed E-state index contributed by atoms with van der Waals surface area (Å²) in [6.45, 7) is 0. The third-order valence-corrected chi connectivity index (χ3v) is 3.07. The van der Waals surface area contributed by atoms with Crippen molar-refractivity contribution in [2.75, 3.05) is 5.32 Å². The van der Waals surface area contributed by atoms with E-state index in [9.17, 15) is 9.50 Å². The third kappa shape index (κ3) is 3.00. The average molecular weight is 280 g/mol. The molecule has 3 aromatic rings. The minimum absolute atomic E-state index is 0.360. The van der Waals surface area contributed by atoms with Gasteiger partial charge in [-0.25, -0.2) is 4.39 Å². The molecule has 0 aliphatic carbocycles. The van der Waals surface area contributed by atoms with Crippen molar-refractivity contribution >= 4 is 11.4 Å². The van der Waals surface area contributed by atoms with Crippen LogP contribution in [0.3, 0.4) is 0 Å². The molecular formula is C17H13FN2O. The molecule has 0 saturated carbocycles. The lowest BCUT2D eigenvalue weighted by atomic mass is 10.1. The molecule has 0 aliphatic rings. The van der Waals surface area contributed by atoms with Crippen LogP contribution in [0, 0.1) is 5.82 Å². The number of pyridine rings is 1. The Hall–Kier alpha value is -2.88. The largest absolute Gasteiger partial charge is 0.505 e. The maximum atomic E-state index is 13.3. The lowest BCUT2D eigenvalue weighted by molar-refractivity contribution is 0.432. The lowest BCUT2D eigenvalue weighted by Gasteiger charge is -2.07. The average Bonchev–Trinajstić information content (AvgIpc) is 2.52. The molecule has 2 aromatic carbocycles. The molecule has 3 nitrogen and oxygen atoms in total. The fraction of sp³-hybridized carbons (Fsp3) is 0. The molecule has 0 fully saturated rings. The van der Waals surface area contributed by atoms with Gasteiger partial charge in [-0.3, -0.25) is 4.98 Å². The minimum Gasteiger partial charge on any atom is -0.505 e. The van der Waals surface area contributed by atoms with Crippen LogP contribution in [0.2, 0.25) is 0 Å². The van der Waals surface area contributed by atoms with Crippen LogP contribution in [0.25, 0.3) is 11.3 Å². The number of phenols is 1. The summed E-state index contributed by atoms with van der Waals surface area (Å²) in [7, 11) is 0. The normalized spacial score (nSPS) is 10.3. The Morgan fingerprint density at radius 1 is 0.905 bits per heavy atom. The predicted molar refractivity (Wildman–Crippen MR) is 81.0 cm³/mol. The quantitative estimate of drug-likeness (QED) is 0.750. The molecule has 0 aliphatic heterocycles. The van der Waals surface area contributed by atoms with Gasteiger partial charge in [-0.1, -0.05) is 18.2 Å². The van der Waals surface area contributed by atoms with Gasteiger partial charge >= 0.3 is 0 Å². The number of halogens is 1. The lowest BCUT2D eigenvalue weighted by Crippen LogP contribution is -1.92. The number of para-hydroxylation sites is 1. The number of nitrogens with zero attached hydrogens (tertiary/aromatic N) is 1. The number of hydrogen-bond donors (Lipinski definition) is 2. The van der Waals surface area contributed by atoms with E-state index in [2.05, 4.69) is 10.3 Å². The van der Waals surface area contributed by atoms with E-state index in [0.717, 1.165) is 11.4 Å². The van der Waals surface area contributed by atoms with Gasteiger partial charge in [0.15, 0.2) is 11.6 Å². The number of aromatic hydroxyl groups is 1. The van der Waals surface area contributed by atoms with Crippen LogP contribution in [0.15, 0.2) is 66.9 Å². The van der Waals surface area contributed by atoms with Crippen molar-refractivity contribution in [1.82, 2.24) is 4.98 Å². The summed E-state index contributed by atoms with van der Waals surface area (Å²) in [6.07, 6.45) is 1.69. The van der Waals surface area contributed by atoms with E-state index in [1.54, 1.807) is 18.3 Å². The third-order valence-electron chi connectivity index (χ3n) is 3.07. The second kappa shape index (κ2) is 5.63. The van der Waals surface area contributed by atoms with Crippen LogP contribution in [0.1, 0.15) is 0 Å². The molecule has 0 unspecified atom stereocenters. The van der Waals surface area contributed by atoms with Crippen molar-refractivity contribution in [3.05, 3.63) is 72.7 Å². The first-order chi connectivity index (χ1) is 10.2. The van der Waals surface area contributed by atoms with Crippen molar-refractivity contribution < 1.29 is 9.50 Å². The number of hydrogen-bond acceptors (Lipinski definition) is 3. The van der Waals surface area contributed by atoms with E-state index in [1.165, 1.54) is 12.1 Å². The van der Waals surface area contributed by atoms with Crippen LogP contribution in [0.5, 0.6) is 5.75 Å². The molecule has 1 aromatic heterocycles. The van der Waals surface area contributed by atoms with Crippen molar-refractivity contribution in [3.63, 3.8) is 0 Å². The van der Waals surface area contributed by atoms with Gasteiger partial charge in [0.05, 0.1) is 17.6 Å². The van der Waals surface area contributed by atoms with Gasteiger partial charge in [-0.05, 0) is 42.5 Å². The van der Waals surface area contributed by atoms with E-state index in [-0.39, 0.29) is 5.75 Å². The molecule has 0 atom stereocenters. The van der Waals surface area contributed by atoms with E-state index in [1.807, 2.05) is 36.4 Å². The summed E-state index contributed by atoms with van der Waals surface area (Å²) in [4.78, 5) is 4.31. The Balaban J connectivity index is 1.82. The molecule has 0 amide bonds. The molecule has 0 radical (unpaired) electrons. The fourth-order valence-electron chi connectivity index (χ4n) is 1.99. The summed E-state index contributed by atoms with van der Waals surface area (Å²) in [6, 6.07) is 17.7. The summed E-state index contributed by atoms with van der Waals surface area (Å²) >= 11 is 0. The molecule has 104 valence electrons. The van der Waals surface area contributed by atoms with Crippen LogP contribution < -0.4 is 5.32 Å². The van der Waals surface area contributed by atoms with Gasteiger partial charge in [-0.15, -0.1) is 0 Å². The Bertz CT molecular complexity index is 742. The Morgan fingerprint density at radius 2 is 1.71 bits per heavy atom. The molecular weight excluding hydrogens is 267 g/mol. The number of benzene rings is 2. The molecule has 4 heteroatoms. The van der Waals surface area contributed by atoms with E-state index >= 15 is 0 Å². The number of anilines is 2. The van der Waals surface area contributed by atoms with Crippen LogP contribution in [-0.4, -0.2) is 10.1 Å². The highest BCUT2D eigenvalue weighted by Crippen LogP contribution is 2.24. The van der Waals surface area contributed by atoms with E-state index in [4.69, 9.17) is 0 Å². The maximum absolute atomic E-state index is 13.3. The zero-order valence-corrected chi connectivity index (χ0v) is 11.1. The first-order valence-corrected chi connectivity index (χ1v) is 6.49. The van der Waals surface area contributed by atoms with Crippen LogP contribution in [0.4, 0.5) is 15.8 Å². The van der Waals surface area contributed by atoms with Gasteiger partial charge in [-0.2, -0.15) is 0 Å². The van der Waals surface area contributed by atoms with Crippen molar-refractivity contribution in [2.45, 2.75) is 0 Å². The second-order valence-electron chi connectivity index (χ2n) is 4.59. The fourth-order valence-corrected chi connectivity index (χ4v) is 1.99. The highest BCUT2D eigenvalue weighted by molar-refractivity contribution is 5.64. The Kier molecular flexibility index (Phi) is 3.51. The van der Waals surface area contributed by atoms with Gasteiger partial charge in [0.25, 0.3) is 0 Å². The Labute approximate surface area is 121 Å². The first kappa shape index (κ1) is 13.1. The topological polar surface area (TPSA) is 45.1 Å². The van der Waals surface area contributed by atoms with Crippen molar-refractivity contribution in [3.8, 4) is 17.0 Å². The van der Waals surface area contributed by atoms with E-state index in [0.29, 0.717) is 11.3 Å². The summed E-state index contributed by atoms with van der Waals surface area (Å²) < 4.78 is 13.3. The maximum Gasteiger partial charge on any atom is 0.165 e. The number of rotatable bonds is 3. The monoisotopic (exact) mass is 280 g/mol. The zero-order valence-electron chi connectivity index (χ0n) is 11.1. The molecule has 1 heterocycles. The van der Waals surface area contributed by atoms with Gasteiger partial charge < -0.3 is 10.4 Å². The standard InChI is InChI=1S/C17H13FN2O/c18-15-10-12(6-9-17(15)21)16-8-7-14(11-19-16)20-13-4-2-1-3-5-13/h1-11,20-21H. The van der Waals surface area contributed by atoms with Crippen molar-refractivity contribution in [1.29, 1.82) is 0 Å². The van der Waals surface area contributed by atoms with Crippen LogP contribution >= 0.6 is 0 Å². The summed E-state index contributed by atoms with van der Waals surface area (Å²) in [5.74, 6) is -1.01. The van der Waals surface area contributed by atoms with Gasteiger partial charge in [0.2, 0.25) is 0 Å². The molecule has 21 heavy (non-hydrogen) atoms. The number of aromatic nitrogens is 1. The number of phenolic OH excluding ortho intramolecular Hbond substituents is 1. The number of nitrogens with one attached hydrogen (secondary N) is 1.